The maximum Gasteiger partial charge on any atom is 0.272 e. The van der Waals surface area contributed by atoms with Crippen LogP contribution in [0, 0.1) is 0 Å². The molecule has 1 aromatic heterocycles. The SMILES string of the molecule is Cl.O=C(NC1CCC2(CC1)OCCO2)c1n[nH]c2c1CNCC2. The molecule has 0 unspecified atom stereocenters. The molecule has 4 rings (SSSR count). The lowest BCUT2D eigenvalue weighted by Crippen LogP contribution is -2.44. The number of hydrogen-bond acceptors (Lipinski definition) is 5. The van der Waals surface area contributed by atoms with E-state index in [2.05, 4.69) is 20.8 Å². The van der Waals surface area contributed by atoms with Crippen LogP contribution in [-0.2, 0) is 22.4 Å². The maximum atomic E-state index is 12.5. The van der Waals surface area contributed by atoms with Crippen molar-refractivity contribution >= 4 is 18.3 Å². The number of carbonyl (C=O) groups is 1. The van der Waals surface area contributed by atoms with E-state index in [-0.39, 0.29) is 30.1 Å². The maximum absolute atomic E-state index is 12.5. The van der Waals surface area contributed by atoms with Gasteiger partial charge in [0.25, 0.3) is 5.91 Å². The number of amides is 1. The van der Waals surface area contributed by atoms with Crippen LogP contribution in [0.4, 0.5) is 0 Å². The van der Waals surface area contributed by atoms with Crippen molar-refractivity contribution in [3.8, 4) is 0 Å². The zero-order chi connectivity index (χ0) is 15.0. The van der Waals surface area contributed by atoms with Crippen LogP contribution >= 0.6 is 12.4 Å². The van der Waals surface area contributed by atoms with Crippen molar-refractivity contribution < 1.29 is 14.3 Å². The Bertz CT molecular complexity index is 561. The summed E-state index contributed by atoms with van der Waals surface area (Å²) < 4.78 is 11.4. The number of nitrogens with zero attached hydrogens (tertiary/aromatic N) is 1. The average Bonchev–Trinajstić information content (AvgIpc) is 3.17. The number of fused-ring (bicyclic) bond motifs is 1. The fraction of sp³-hybridized carbons (Fsp3) is 0.733. The Morgan fingerprint density at radius 3 is 2.74 bits per heavy atom. The quantitative estimate of drug-likeness (QED) is 0.743. The van der Waals surface area contributed by atoms with Gasteiger partial charge in [0.1, 0.15) is 0 Å². The zero-order valence-electron chi connectivity index (χ0n) is 13.0. The molecule has 3 heterocycles. The van der Waals surface area contributed by atoms with Gasteiger partial charge < -0.3 is 20.1 Å². The minimum Gasteiger partial charge on any atom is -0.348 e. The largest absolute Gasteiger partial charge is 0.348 e. The molecule has 1 aromatic rings. The summed E-state index contributed by atoms with van der Waals surface area (Å²) in [6, 6.07) is 0.176. The molecular weight excluding hydrogens is 320 g/mol. The van der Waals surface area contributed by atoms with E-state index >= 15 is 0 Å². The normalized spacial score (nSPS) is 23.3. The molecule has 1 spiro atoms. The summed E-state index contributed by atoms with van der Waals surface area (Å²) in [5.74, 6) is -0.452. The van der Waals surface area contributed by atoms with Crippen molar-refractivity contribution in [3.05, 3.63) is 17.0 Å². The van der Waals surface area contributed by atoms with E-state index in [4.69, 9.17) is 9.47 Å². The predicted octanol–water partition coefficient (Wildman–Crippen LogP) is 0.893. The second-order valence-electron chi connectivity index (χ2n) is 6.31. The van der Waals surface area contributed by atoms with Crippen LogP contribution in [0.15, 0.2) is 0 Å². The number of aromatic nitrogens is 2. The summed E-state index contributed by atoms with van der Waals surface area (Å²) in [6.45, 7) is 3.01. The number of carbonyl (C=O) groups excluding carboxylic acids is 1. The number of ether oxygens (including phenoxy) is 2. The number of halogens is 1. The number of rotatable bonds is 2. The molecule has 0 radical (unpaired) electrons. The van der Waals surface area contributed by atoms with E-state index in [0.717, 1.165) is 49.9 Å². The van der Waals surface area contributed by atoms with E-state index in [1.165, 1.54) is 0 Å². The Morgan fingerprint density at radius 2 is 2.00 bits per heavy atom. The van der Waals surface area contributed by atoms with Crippen molar-refractivity contribution in [1.29, 1.82) is 0 Å². The van der Waals surface area contributed by atoms with E-state index < -0.39 is 0 Å². The third-order valence-corrected chi connectivity index (χ3v) is 4.92. The zero-order valence-corrected chi connectivity index (χ0v) is 13.8. The fourth-order valence-electron chi connectivity index (χ4n) is 3.65. The van der Waals surface area contributed by atoms with Crippen molar-refractivity contribution in [2.45, 2.75) is 50.5 Å². The molecule has 2 fully saturated rings. The number of nitrogens with one attached hydrogen (secondary N) is 3. The van der Waals surface area contributed by atoms with Gasteiger partial charge >= 0.3 is 0 Å². The highest BCUT2D eigenvalue weighted by Crippen LogP contribution is 2.35. The average molecular weight is 343 g/mol. The summed E-state index contributed by atoms with van der Waals surface area (Å²) in [6.07, 6.45) is 4.36. The molecular formula is C15H23ClN4O3. The third kappa shape index (κ3) is 3.24. The van der Waals surface area contributed by atoms with Gasteiger partial charge in [-0.25, -0.2) is 0 Å². The van der Waals surface area contributed by atoms with Gasteiger partial charge in [-0.1, -0.05) is 0 Å². The lowest BCUT2D eigenvalue weighted by atomic mass is 9.90. The molecule has 0 aromatic carbocycles. The molecule has 3 N–H and O–H groups in total. The van der Waals surface area contributed by atoms with Crippen LogP contribution in [0.3, 0.4) is 0 Å². The number of H-pyrrole nitrogens is 1. The van der Waals surface area contributed by atoms with Gasteiger partial charge in [0.05, 0.1) is 13.2 Å². The standard InChI is InChI=1S/C15H22N4O3.ClH/c20-14(13-11-9-16-6-3-12(11)18-19-13)17-10-1-4-15(5-2-10)21-7-8-22-15;/h10,16H,1-9H2,(H,17,20)(H,18,19);1H. The van der Waals surface area contributed by atoms with Gasteiger partial charge in [0.2, 0.25) is 0 Å². The van der Waals surface area contributed by atoms with Crippen LogP contribution in [0.2, 0.25) is 0 Å². The molecule has 0 bridgehead atoms. The third-order valence-electron chi connectivity index (χ3n) is 4.92. The minimum absolute atomic E-state index is 0. The summed E-state index contributed by atoms with van der Waals surface area (Å²) in [5, 5.41) is 13.6. The molecule has 1 saturated carbocycles. The van der Waals surface area contributed by atoms with E-state index in [1.807, 2.05) is 0 Å². The van der Waals surface area contributed by atoms with E-state index in [0.29, 0.717) is 25.5 Å². The van der Waals surface area contributed by atoms with Crippen LogP contribution < -0.4 is 10.6 Å². The summed E-state index contributed by atoms with van der Waals surface area (Å²) in [4.78, 5) is 12.5. The Morgan fingerprint density at radius 1 is 1.26 bits per heavy atom. The lowest BCUT2D eigenvalue weighted by molar-refractivity contribution is -0.179. The van der Waals surface area contributed by atoms with Gasteiger partial charge in [-0.2, -0.15) is 5.10 Å². The lowest BCUT2D eigenvalue weighted by Gasteiger charge is -2.35. The Balaban J connectivity index is 0.00000156. The van der Waals surface area contributed by atoms with Gasteiger partial charge in [-0.15, -0.1) is 12.4 Å². The number of hydrogen-bond donors (Lipinski definition) is 3. The molecule has 7 nitrogen and oxygen atoms in total. The van der Waals surface area contributed by atoms with Crippen LogP contribution in [0.5, 0.6) is 0 Å². The first kappa shape index (κ1) is 16.7. The molecule has 2 aliphatic heterocycles. The second-order valence-corrected chi connectivity index (χ2v) is 6.31. The van der Waals surface area contributed by atoms with Crippen molar-refractivity contribution in [2.75, 3.05) is 19.8 Å². The van der Waals surface area contributed by atoms with Crippen LogP contribution in [0.1, 0.15) is 47.4 Å². The van der Waals surface area contributed by atoms with E-state index in [1.54, 1.807) is 0 Å². The van der Waals surface area contributed by atoms with Crippen molar-refractivity contribution in [2.24, 2.45) is 0 Å². The highest BCUT2D eigenvalue weighted by atomic mass is 35.5. The van der Waals surface area contributed by atoms with Crippen LogP contribution in [0.25, 0.3) is 0 Å². The molecule has 0 atom stereocenters. The van der Waals surface area contributed by atoms with Gasteiger partial charge in [-0.05, 0) is 12.8 Å². The molecule has 3 aliphatic rings. The van der Waals surface area contributed by atoms with Crippen molar-refractivity contribution in [1.82, 2.24) is 20.8 Å². The Hall–Kier alpha value is -1.15. The first-order chi connectivity index (χ1) is 10.8. The molecule has 23 heavy (non-hydrogen) atoms. The summed E-state index contributed by atoms with van der Waals surface area (Å²) in [5.41, 5.74) is 2.63. The Labute approximate surface area is 141 Å². The topological polar surface area (TPSA) is 88.3 Å². The molecule has 1 amide bonds. The second kappa shape index (κ2) is 6.76. The molecule has 128 valence electrons. The first-order valence-electron chi connectivity index (χ1n) is 8.11. The van der Waals surface area contributed by atoms with Crippen LogP contribution in [-0.4, -0.2) is 47.7 Å². The van der Waals surface area contributed by atoms with Gasteiger partial charge in [0.15, 0.2) is 11.5 Å². The van der Waals surface area contributed by atoms with Gasteiger partial charge in [0, 0.05) is 49.7 Å². The highest BCUT2D eigenvalue weighted by molar-refractivity contribution is 5.94. The number of aromatic amines is 1. The fourth-order valence-corrected chi connectivity index (χ4v) is 3.65. The molecule has 1 aliphatic carbocycles. The molecule has 8 heteroatoms. The van der Waals surface area contributed by atoms with E-state index in [9.17, 15) is 4.79 Å². The monoisotopic (exact) mass is 342 g/mol. The minimum atomic E-state index is -0.378. The van der Waals surface area contributed by atoms with Gasteiger partial charge in [-0.3, -0.25) is 9.89 Å². The summed E-state index contributed by atoms with van der Waals surface area (Å²) in [7, 11) is 0. The highest BCUT2D eigenvalue weighted by Gasteiger charge is 2.40. The smallest absolute Gasteiger partial charge is 0.272 e. The van der Waals surface area contributed by atoms with Crippen molar-refractivity contribution in [3.63, 3.8) is 0 Å². The molecule has 1 saturated heterocycles. The predicted molar refractivity (Wildman–Crippen MR) is 85.6 cm³/mol. The Kier molecular flexibility index (Phi) is 4.91. The first-order valence-corrected chi connectivity index (χ1v) is 8.11. The summed E-state index contributed by atoms with van der Waals surface area (Å²) >= 11 is 0.